The second-order valence-electron chi connectivity index (χ2n) is 5.15. The molecule has 1 aromatic heterocycles. The maximum atomic E-state index is 5.48. The van der Waals surface area contributed by atoms with Gasteiger partial charge in [-0.1, -0.05) is 31.5 Å². The maximum Gasteiger partial charge on any atom is 0.143 e. The molecule has 1 aromatic carbocycles. The van der Waals surface area contributed by atoms with Gasteiger partial charge in [-0.3, -0.25) is 0 Å². The fraction of sp³-hybridized carbons (Fsp3) is 0.375. The van der Waals surface area contributed by atoms with Crippen LogP contribution in [0, 0.1) is 13.8 Å². The van der Waals surface area contributed by atoms with Gasteiger partial charge in [-0.2, -0.15) is 0 Å². The number of hydrazine groups is 1. The molecule has 0 aliphatic heterocycles. The molecule has 0 saturated heterocycles. The number of anilines is 1. The van der Waals surface area contributed by atoms with Crippen molar-refractivity contribution in [3.63, 3.8) is 0 Å². The Morgan fingerprint density at radius 3 is 2.55 bits per heavy atom. The summed E-state index contributed by atoms with van der Waals surface area (Å²) in [6, 6.07) is 8.38. The summed E-state index contributed by atoms with van der Waals surface area (Å²) in [5.41, 5.74) is 7.48. The molecule has 3 N–H and O–H groups in total. The van der Waals surface area contributed by atoms with Gasteiger partial charge < -0.3 is 5.43 Å². The molecule has 2 aromatic rings. The average molecular weight is 270 g/mol. The lowest BCUT2D eigenvalue weighted by molar-refractivity contribution is 0.841. The van der Waals surface area contributed by atoms with Crippen LogP contribution in [0.1, 0.15) is 41.6 Å². The van der Waals surface area contributed by atoms with Crippen LogP contribution in [0.3, 0.4) is 0 Å². The maximum absolute atomic E-state index is 5.48. The zero-order valence-corrected chi connectivity index (χ0v) is 12.4. The summed E-state index contributed by atoms with van der Waals surface area (Å²) in [5, 5.41) is 0. The normalized spacial score (nSPS) is 10.6. The highest BCUT2D eigenvalue weighted by Gasteiger charge is 2.06. The van der Waals surface area contributed by atoms with Crippen molar-refractivity contribution in [2.75, 3.05) is 5.43 Å². The van der Waals surface area contributed by atoms with Gasteiger partial charge in [0.05, 0.1) is 0 Å². The van der Waals surface area contributed by atoms with E-state index in [-0.39, 0.29) is 0 Å². The van der Waals surface area contributed by atoms with Gasteiger partial charge >= 0.3 is 0 Å². The van der Waals surface area contributed by atoms with Gasteiger partial charge in [-0.25, -0.2) is 15.8 Å². The molecular weight excluding hydrogens is 248 g/mol. The number of hydrogen-bond donors (Lipinski definition) is 2. The van der Waals surface area contributed by atoms with E-state index in [0.717, 1.165) is 30.8 Å². The highest BCUT2D eigenvalue weighted by atomic mass is 15.3. The molecule has 0 saturated carbocycles. The quantitative estimate of drug-likeness (QED) is 0.647. The molecular formula is C16H22N4. The summed E-state index contributed by atoms with van der Waals surface area (Å²) < 4.78 is 0. The summed E-state index contributed by atoms with van der Waals surface area (Å²) in [4.78, 5) is 9.05. The van der Waals surface area contributed by atoms with Crippen molar-refractivity contribution >= 4 is 5.82 Å². The summed E-state index contributed by atoms with van der Waals surface area (Å²) in [6.45, 7) is 6.38. The first-order valence-electron chi connectivity index (χ1n) is 7.02. The molecule has 0 amide bonds. The van der Waals surface area contributed by atoms with Gasteiger partial charge in [0, 0.05) is 18.2 Å². The van der Waals surface area contributed by atoms with Gasteiger partial charge in [0.2, 0.25) is 0 Å². The molecule has 0 radical (unpaired) electrons. The summed E-state index contributed by atoms with van der Waals surface area (Å²) >= 11 is 0. The third kappa shape index (κ3) is 3.54. The fourth-order valence-corrected chi connectivity index (χ4v) is 2.19. The van der Waals surface area contributed by atoms with Crippen LogP contribution in [0.2, 0.25) is 0 Å². The molecule has 0 bridgehead atoms. The molecule has 20 heavy (non-hydrogen) atoms. The van der Waals surface area contributed by atoms with E-state index in [4.69, 9.17) is 5.84 Å². The van der Waals surface area contributed by atoms with Crippen LogP contribution in [0.4, 0.5) is 5.82 Å². The molecule has 106 valence electrons. The van der Waals surface area contributed by atoms with Gasteiger partial charge in [-0.15, -0.1) is 0 Å². The zero-order chi connectivity index (χ0) is 14.5. The van der Waals surface area contributed by atoms with Crippen molar-refractivity contribution < 1.29 is 0 Å². The molecule has 0 aliphatic carbocycles. The monoisotopic (exact) mass is 270 g/mol. The van der Waals surface area contributed by atoms with E-state index in [1.54, 1.807) is 0 Å². The largest absolute Gasteiger partial charge is 0.308 e. The third-order valence-electron chi connectivity index (χ3n) is 3.41. The van der Waals surface area contributed by atoms with E-state index in [1.165, 1.54) is 16.7 Å². The number of aryl methyl sites for hydroxylation is 3. The number of nitrogens with two attached hydrogens (primary N) is 1. The minimum absolute atomic E-state index is 0.683. The smallest absolute Gasteiger partial charge is 0.143 e. The number of benzene rings is 1. The first-order chi connectivity index (χ1) is 9.62. The molecule has 4 nitrogen and oxygen atoms in total. The van der Waals surface area contributed by atoms with Crippen LogP contribution < -0.4 is 11.3 Å². The van der Waals surface area contributed by atoms with Crippen LogP contribution in [0.15, 0.2) is 24.3 Å². The van der Waals surface area contributed by atoms with Crippen LogP contribution in [-0.4, -0.2) is 9.97 Å². The number of rotatable bonds is 5. The molecule has 2 rings (SSSR count). The lowest BCUT2D eigenvalue weighted by atomic mass is 10.0. The van der Waals surface area contributed by atoms with Gasteiger partial charge in [0.1, 0.15) is 11.6 Å². The van der Waals surface area contributed by atoms with Crippen molar-refractivity contribution in [3.05, 3.63) is 52.5 Å². The lowest BCUT2D eigenvalue weighted by Gasteiger charge is -2.08. The number of hydrogen-bond acceptors (Lipinski definition) is 4. The van der Waals surface area contributed by atoms with Gasteiger partial charge in [-0.05, 0) is 37.0 Å². The Hall–Kier alpha value is -1.94. The SMILES string of the molecule is CCCc1cc(NN)nc(Cc2ccc(C)c(C)c2)n1. The number of nitrogens with one attached hydrogen (secondary N) is 1. The molecule has 1 heterocycles. The van der Waals surface area contributed by atoms with Crippen LogP contribution in [0.5, 0.6) is 0 Å². The summed E-state index contributed by atoms with van der Waals surface area (Å²) in [5.74, 6) is 6.98. The summed E-state index contributed by atoms with van der Waals surface area (Å²) in [6.07, 6.45) is 2.73. The minimum atomic E-state index is 0.683. The van der Waals surface area contributed by atoms with Crippen LogP contribution in [-0.2, 0) is 12.8 Å². The second kappa shape index (κ2) is 6.48. The second-order valence-corrected chi connectivity index (χ2v) is 5.15. The van der Waals surface area contributed by atoms with Gasteiger partial charge in [0.15, 0.2) is 0 Å². The molecule has 0 fully saturated rings. The van der Waals surface area contributed by atoms with E-state index in [2.05, 4.69) is 54.4 Å². The molecule has 0 atom stereocenters. The summed E-state index contributed by atoms with van der Waals surface area (Å²) in [7, 11) is 0. The topological polar surface area (TPSA) is 63.8 Å². The predicted molar refractivity (Wildman–Crippen MR) is 82.6 cm³/mol. The Balaban J connectivity index is 2.27. The first-order valence-corrected chi connectivity index (χ1v) is 7.02. The third-order valence-corrected chi connectivity index (χ3v) is 3.41. The number of aromatic nitrogens is 2. The van der Waals surface area contributed by atoms with Gasteiger partial charge in [0.25, 0.3) is 0 Å². The van der Waals surface area contributed by atoms with Crippen molar-refractivity contribution in [1.29, 1.82) is 0 Å². The Morgan fingerprint density at radius 2 is 1.90 bits per heavy atom. The average Bonchev–Trinajstić information content (AvgIpc) is 2.43. The van der Waals surface area contributed by atoms with Crippen molar-refractivity contribution in [2.24, 2.45) is 5.84 Å². The number of nitrogen functional groups attached to an aromatic ring is 1. The van der Waals surface area contributed by atoms with E-state index in [1.807, 2.05) is 6.07 Å². The molecule has 0 unspecified atom stereocenters. The molecule has 0 spiro atoms. The van der Waals surface area contributed by atoms with Crippen molar-refractivity contribution in [2.45, 2.75) is 40.0 Å². The molecule has 0 aliphatic rings. The Bertz CT molecular complexity index is 593. The van der Waals surface area contributed by atoms with E-state index >= 15 is 0 Å². The Labute approximate surface area is 120 Å². The predicted octanol–water partition coefficient (Wildman–Crippen LogP) is 2.92. The lowest BCUT2D eigenvalue weighted by Crippen LogP contribution is -2.12. The van der Waals surface area contributed by atoms with Crippen LogP contribution in [0.25, 0.3) is 0 Å². The minimum Gasteiger partial charge on any atom is -0.308 e. The Kier molecular flexibility index (Phi) is 4.69. The van der Waals surface area contributed by atoms with Crippen LogP contribution >= 0.6 is 0 Å². The zero-order valence-electron chi connectivity index (χ0n) is 12.4. The number of nitrogens with zero attached hydrogens (tertiary/aromatic N) is 2. The molecule has 4 heteroatoms. The van der Waals surface area contributed by atoms with E-state index in [0.29, 0.717) is 5.82 Å². The van der Waals surface area contributed by atoms with Crippen molar-refractivity contribution in [3.8, 4) is 0 Å². The highest BCUT2D eigenvalue weighted by Crippen LogP contribution is 2.14. The standard InChI is InChI=1S/C16H22N4/c1-4-5-14-10-16(20-17)19-15(18-14)9-13-7-6-11(2)12(3)8-13/h6-8,10H,4-5,9,17H2,1-3H3,(H,18,19,20). The van der Waals surface area contributed by atoms with E-state index < -0.39 is 0 Å². The highest BCUT2D eigenvalue weighted by molar-refractivity contribution is 5.36. The Morgan fingerprint density at radius 1 is 1.10 bits per heavy atom. The van der Waals surface area contributed by atoms with Crippen molar-refractivity contribution in [1.82, 2.24) is 9.97 Å². The van der Waals surface area contributed by atoms with E-state index in [9.17, 15) is 0 Å². The fourth-order valence-electron chi connectivity index (χ4n) is 2.19. The first kappa shape index (κ1) is 14.5.